The summed E-state index contributed by atoms with van der Waals surface area (Å²) in [6.45, 7) is -8.29. The van der Waals surface area contributed by atoms with Crippen LogP contribution in [-0.4, -0.2) is 16.1 Å². The summed E-state index contributed by atoms with van der Waals surface area (Å²) in [5.41, 5.74) is 2.71. The SMILES string of the molecule is O=C(OP(Cc1ccccc1)(c1ccccc1)(c1ccccc1)c1ccccc1)c1ccc(S(=O)c2ccc(C(=O)OP(Cc3ccccc3)(c3ccccc3)(c3ccccc3)c3ccccc3)cc2)cc1. The van der Waals surface area contributed by atoms with E-state index in [1.165, 1.54) is 0 Å². The predicted molar refractivity (Wildman–Crippen MR) is 299 cm³/mol. The van der Waals surface area contributed by atoms with Gasteiger partial charge in [0.25, 0.3) is 0 Å². The Morgan fingerprint density at radius 2 is 0.500 bits per heavy atom. The topological polar surface area (TPSA) is 69.7 Å². The van der Waals surface area contributed by atoms with Crippen molar-refractivity contribution in [2.45, 2.75) is 22.1 Å². The summed E-state index contributed by atoms with van der Waals surface area (Å²) in [5.74, 6) is -0.988. The van der Waals surface area contributed by atoms with Gasteiger partial charge in [0.05, 0.1) is 0 Å². The van der Waals surface area contributed by atoms with Crippen LogP contribution in [0.4, 0.5) is 0 Å². The van der Waals surface area contributed by atoms with Crippen LogP contribution >= 0.6 is 13.7 Å². The van der Waals surface area contributed by atoms with Crippen molar-refractivity contribution >= 4 is 68.2 Å². The van der Waals surface area contributed by atoms with Crippen LogP contribution in [0, 0.1) is 0 Å². The number of carbonyl (C=O) groups is 2. The number of benzene rings is 10. The van der Waals surface area contributed by atoms with E-state index < -0.39 is 36.4 Å². The molecule has 5 nitrogen and oxygen atoms in total. The standard InChI is InChI=1S/C64H52O5P2S/c65-63(68-70(55-29-13-3-14-30-55,56-31-15-4-16-32-56,57-33-17-5-18-34-57)49-51-25-9-1-10-26-51)53-41-45-61(46-42-53)72(67)62-47-43-54(44-48-62)64(66)69-71(58-35-19-6-20-36-58,59-37-21-7-22-38-59,60-39-23-8-24-40-60)50-52-27-11-2-12-28-52/h1-48H,49-50H2. The third-order valence-corrected chi connectivity index (χ3v) is 26.5. The van der Waals surface area contributed by atoms with Crippen molar-refractivity contribution in [3.63, 3.8) is 0 Å². The van der Waals surface area contributed by atoms with Crippen molar-refractivity contribution in [2.24, 2.45) is 0 Å². The summed E-state index contributed by atoms with van der Waals surface area (Å²) in [7, 11) is -1.66. The van der Waals surface area contributed by atoms with Crippen molar-refractivity contribution in [1.82, 2.24) is 0 Å². The normalized spacial score (nSPS) is 13.0. The van der Waals surface area contributed by atoms with Gasteiger partial charge in [0.1, 0.15) is 0 Å². The van der Waals surface area contributed by atoms with Crippen molar-refractivity contribution in [3.05, 3.63) is 313 Å². The number of hydrogen-bond acceptors (Lipinski definition) is 5. The molecule has 8 heteroatoms. The Morgan fingerprint density at radius 3 is 0.722 bits per heavy atom. The van der Waals surface area contributed by atoms with Gasteiger partial charge >= 0.3 is 427 Å². The molecule has 10 rings (SSSR count). The maximum atomic E-state index is 15.0. The fourth-order valence-electron chi connectivity index (χ4n) is 10.2. The minimum atomic E-state index is -4.15. The number of carbonyl (C=O) groups excluding carboxylic acids is 2. The molecule has 0 aliphatic rings. The van der Waals surface area contributed by atoms with Crippen LogP contribution in [0.5, 0.6) is 0 Å². The van der Waals surface area contributed by atoms with Gasteiger partial charge in [-0.3, -0.25) is 0 Å². The molecule has 0 saturated heterocycles. The summed E-state index contributed by atoms with van der Waals surface area (Å²) in [6.07, 6.45) is 0.867. The molecule has 0 aliphatic heterocycles. The first-order valence-corrected chi connectivity index (χ1v) is 29.7. The second-order valence-corrected chi connectivity index (χ2v) is 28.2. The van der Waals surface area contributed by atoms with Gasteiger partial charge in [-0.1, -0.05) is 0 Å². The van der Waals surface area contributed by atoms with Crippen LogP contribution in [0.1, 0.15) is 31.8 Å². The second-order valence-electron chi connectivity index (χ2n) is 17.8. The monoisotopic (exact) mass is 994 g/mol. The first-order chi connectivity index (χ1) is 35.3. The summed E-state index contributed by atoms with van der Waals surface area (Å²) >= 11 is 0. The zero-order chi connectivity index (χ0) is 49.3. The first kappa shape index (κ1) is 47.8. The second kappa shape index (κ2) is 20.5. The van der Waals surface area contributed by atoms with Crippen LogP contribution in [0.2, 0.25) is 0 Å². The molecule has 0 spiro atoms. The molecule has 10 aromatic carbocycles. The molecule has 0 radical (unpaired) electrons. The summed E-state index contributed by atoms with van der Waals surface area (Å²) in [4.78, 5) is 31.0. The molecule has 354 valence electrons. The molecule has 0 unspecified atom stereocenters. The molecule has 0 N–H and O–H groups in total. The molecule has 0 fully saturated rings. The van der Waals surface area contributed by atoms with E-state index in [-0.39, 0.29) is 0 Å². The molecule has 0 saturated carbocycles. The van der Waals surface area contributed by atoms with E-state index in [1.54, 1.807) is 48.5 Å². The van der Waals surface area contributed by atoms with Gasteiger partial charge < -0.3 is 0 Å². The van der Waals surface area contributed by atoms with Crippen molar-refractivity contribution < 1.29 is 22.8 Å². The fourth-order valence-corrected chi connectivity index (χ4v) is 22.4. The molecule has 72 heavy (non-hydrogen) atoms. The van der Waals surface area contributed by atoms with E-state index in [0.29, 0.717) is 33.2 Å². The fraction of sp³-hybridized carbons (Fsp3) is 0.0312. The van der Waals surface area contributed by atoms with Gasteiger partial charge in [0.2, 0.25) is 0 Å². The van der Waals surface area contributed by atoms with Crippen LogP contribution in [-0.2, 0) is 32.2 Å². The molecular formula is C64H52O5P2S. The van der Waals surface area contributed by atoms with E-state index in [9.17, 15) is 4.21 Å². The Balaban J connectivity index is 0.988. The van der Waals surface area contributed by atoms with Gasteiger partial charge in [-0.05, 0) is 0 Å². The summed E-state index contributed by atoms with van der Waals surface area (Å²) in [5, 5.41) is 5.51. The average Bonchev–Trinajstić information content (AvgIpc) is 3.46. The Morgan fingerprint density at radius 1 is 0.292 bits per heavy atom. The Labute approximate surface area is 424 Å². The molecule has 0 aromatic heterocycles. The van der Waals surface area contributed by atoms with E-state index in [2.05, 4.69) is 97.1 Å². The van der Waals surface area contributed by atoms with Gasteiger partial charge in [-0.25, -0.2) is 0 Å². The summed E-state index contributed by atoms with van der Waals surface area (Å²) in [6, 6.07) is 94.7. The maximum absolute atomic E-state index is 15.0. The Kier molecular flexibility index (Phi) is 13.6. The zero-order valence-corrected chi connectivity index (χ0v) is 42.1. The molecule has 0 aliphatic carbocycles. The van der Waals surface area contributed by atoms with Gasteiger partial charge in [-0.2, -0.15) is 0 Å². The van der Waals surface area contributed by atoms with Crippen molar-refractivity contribution in [1.29, 1.82) is 0 Å². The summed E-state index contributed by atoms with van der Waals surface area (Å²) < 4.78 is 29.0. The third kappa shape index (κ3) is 8.62. The van der Waals surface area contributed by atoms with Crippen molar-refractivity contribution in [3.8, 4) is 0 Å². The first-order valence-electron chi connectivity index (χ1n) is 23.9. The molecule has 0 heterocycles. The minimum absolute atomic E-state index is 0.325. The molecular weight excluding hydrogens is 943 g/mol. The van der Waals surface area contributed by atoms with Crippen LogP contribution in [0.3, 0.4) is 0 Å². The van der Waals surface area contributed by atoms with Gasteiger partial charge in [0.15, 0.2) is 0 Å². The molecule has 0 atom stereocenters. The predicted octanol–water partition coefficient (Wildman–Crippen LogP) is 12.5. The molecule has 10 aromatic rings. The third-order valence-electron chi connectivity index (χ3n) is 13.6. The average molecular weight is 995 g/mol. The number of hydrogen-bond donors (Lipinski definition) is 0. The van der Waals surface area contributed by atoms with Crippen LogP contribution < -0.4 is 31.8 Å². The van der Waals surface area contributed by atoms with E-state index >= 15 is 9.59 Å². The van der Waals surface area contributed by atoms with E-state index in [4.69, 9.17) is 9.05 Å². The van der Waals surface area contributed by atoms with Crippen LogP contribution in [0.25, 0.3) is 0 Å². The van der Waals surface area contributed by atoms with Crippen LogP contribution in [0.15, 0.2) is 301 Å². The molecule has 0 amide bonds. The quantitative estimate of drug-likeness (QED) is 0.0902. The Hall–Kier alpha value is -7.85. The van der Waals surface area contributed by atoms with Crippen molar-refractivity contribution in [2.75, 3.05) is 0 Å². The molecule has 0 bridgehead atoms. The zero-order valence-electron chi connectivity index (χ0n) is 39.5. The van der Waals surface area contributed by atoms with Gasteiger partial charge in [0, 0.05) is 0 Å². The Bertz CT molecular complexity index is 3010. The number of rotatable bonds is 16. The van der Waals surface area contributed by atoms with E-state index in [1.807, 2.05) is 146 Å². The van der Waals surface area contributed by atoms with Gasteiger partial charge in [-0.15, -0.1) is 0 Å². The van der Waals surface area contributed by atoms with E-state index in [0.717, 1.165) is 43.0 Å².